The van der Waals surface area contributed by atoms with E-state index >= 15 is 0 Å². The minimum absolute atomic E-state index is 0.0411. The zero-order chi connectivity index (χ0) is 22.2. The number of carbonyl (C=O) groups excluding carboxylic acids is 2. The third-order valence-corrected chi connectivity index (χ3v) is 5.20. The molecule has 0 bridgehead atoms. The summed E-state index contributed by atoms with van der Waals surface area (Å²) in [6.07, 6.45) is -0.0965. The van der Waals surface area contributed by atoms with Gasteiger partial charge in [-0.05, 0) is 49.2 Å². The van der Waals surface area contributed by atoms with E-state index in [0.717, 1.165) is 16.8 Å². The summed E-state index contributed by atoms with van der Waals surface area (Å²) in [6.45, 7) is 6.79. The SMILES string of the molecule is Cc1cc(C)cc(N(CCC#N)C(=O)CN2CCN(C(=O)Oc3ccccc3)CC2)c1. The normalized spacial score (nSPS) is 14.0. The Morgan fingerprint density at radius 2 is 1.68 bits per heavy atom. The molecule has 1 heterocycles. The Morgan fingerprint density at radius 3 is 2.29 bits per heavy atom. The van der Waals surface area contributed by atoms with Gasteiger partial charge in [0.2, 0.25) is 5.91 Å². The number of carbonyl (C=O) groups is 2. The number of rotatable bonds is 6. The van der Waals surface area contributed by atoms with Gasteiger partial charge in [0.25, 0.3) is 0 Å². The molecule has 1 aliphatic rings. The van der Waals surface area contributed by atoms with E-state index in [9.17, 15) is 9.59 Å². The molecule has 2 aromatic rings. The summed E-state index contributed by atoms with van der Waals surface area (Å²) in [6, 6.07) is 17.1. The highest BCUT2D eigenvalue weighted by molar-refractivity contribution is 5.95. The number of nitrogens with zero attached hydrogens (tertiary/aromatic N) is 4. The van der Waals surface area contributed by atoms with E-state index in [-0.39, 0.29) is 25.0 Å². The molecule has 1 fully saturated rings. The highest BCUT2D eigenvalue weighted by atomic mass is 16.6. The van der Waals surface area contributed by atoms with E-state index < -0.39 is 0 Å². The van der Waals surface area contributed by atoms with Crippen molar-refractivity contribution in [1.82, 2.24) is 9.80 Å². The van der Waals surface area contributed by atoms with Gasteiger partial charge in [0.1, 0.15) is 5.75 Å². The molecule has 1 aliphatic heterocycles. The van der Waals surface area contributed by atoms with Crippen LogP contribution < -0.4 is 9.64 Å². The van der Waals surface area contributed by atoms with Crippen LogP contribution in [0.15, 0.2) is 48.5 Å². The average Bonchev–Trinajstić information content (AvgIpc) is 2.74. The summed E-state index contributed by atoms with van der Waals surface area (Å²) >= 11 is 0. The number of aryl methyl sites for hydroxylation is 2. The van der Waals surface area contributed by atoms with Gasteiger partial charge in [-0.1, -0.05) is 24.3 Å². The fourth-order valence-electron chi connectivity index (χ4n) is 3.69. The van der Waals surface area contributed by atoms with Gasteiger partial charge in [-0.15, -0.1) is 0 Å². The van der Waals surface area contributed by atoms with Crippen molar-refractivity contribution in [3.63, 3.8) is 0 Å². The molecule has 0 radical (unpaired) electrons. The van der Waals surface area contributed by atoms with Gasteiger partial charge in [-0.3, -0.25) is 9.69 Å². The summed E-state index contributed by atoms with van der Waals surface area (Å²) in [5, 5.41) is 9.01. The van der Waals surface area contributed by atoms with E-state index in [1.807, 2.05) is 49.1 Å². The van der Waals surface area contributed by atoms with Crippen LogP contribution in [0.4, 0.5) is 10.5 Å². The fraction of sp³-hybridized carbons (Fsp3) is 0.375. The van der Waals surface area contributed by atoms with E-state index in [1.54, 1.807) is 21.9 Å². The van der Waals surface area contributed by atoms with Crippen molar-refractivity contribution < 1.29 is 14.3 Å². The molecule has 0 unspecified atom stereocenters. The number of benzene rings is 2. The lowest BCUT2D eigenvalue weighted by molar-refractivity contribution is -0.120. The van der Waals surface area contributed by atoms with E-state index in [1.165, 1.54) is 0 Å². The molecule has 2 amide bonds. The Labute approximate surface area is 183 Å². The summed E-state index contributed by atoms with van der Waals surface area (Å²) in [5.74, 6) is 0.479. The molecular weight excluding hydrogens is 392 g/mol. The largest absolute Gasteiger partial charge is 0.415 e. The molecule has 7 heteroatoms. The lowest BCUT2D eigenvalue weighted by Crippen LogP contribution is -2.52. The van der Waals surface area contributed by atoms with Crippen LogP contribution in [0.25, 0.3) is 0 Å². The number of amides is 2. The Bertz CT molecular complexity index is 927. The lowest BCUT2D eigenvalue weighted by Gasteiger charge is -2.34. The molecule has 1 saturated heterocycles. The number of hydrogen-bond acceptors (Lipinski definition) is 5. The second-order valence-electron chi connectivity index (χ2n) is 7.74. The maximum Gasteiger partial charge on any atom is 0.415 e. The summed E-state index contributed by atoms with van der Waals surface area (Å²) in [5.41, 5.74) is 2.98. The third-order valence-electron chi connectivity index (χ3n) is 5.20. The number of para-hydroxylation sites is 1. The Balaban J connectivity index is 1.57. The smallest absolute Gasteiger partial charge is 0.410 e. The summed E-state index contributed by atoms with van der Waals surface area (Å²) < 4.78 is 5.40. The minimum Gasteiger partial charge on any atom is -0.410 e. The molecule has 0 saturated carbocycles. The van der Waals surface area contributed by atoms with Crippen LogP contribution in [0.1, 0.15) is 17.5 Å². The van der Waals surface area contributed by atoms with E-state index in [0.29, 0.717) is 38.5 Å². The molecule has 0 N–H and O–H groups in total. The molecule has 2 aromatic carbocycles. The monoisotopic (exact) mass is 420 g/mol. The van der Waals surface area contributed by atoms with Gasteiger partial charge >= 0.3 is 6.09 Å². The summed E-state index contributed by atoms with van der Waals surface area (Å²) in [4.78, 5) is 30.8. The number of hydrogen-bond donors (Lipinski definition) is 0. The fourth-order valence-corrected chi connectivity index (χ4v) is 3.69. The molecule has 162 valence electrons. The van der Waals surface area contributed by atoms with Crippen LogP contribution in [0.2, 0.25) is 0 Å². The first-order chi connectivity index (χ1) is 15.0. The van der Waals surface area contributed by atoms with Crippen molar-refractivity contribution in [2.45, 2.75) is 20.3 Å². The number of ether oxygens (including phenoxy) is 1. The molecule has 0 atom stereocenters. The van der Waals surface area contributed by atoms with Crippen LogP contribution in [-0.2, 0) is 4.79 Å². The quantitative estimate of drug-likeness (QED) is 0.716. The molecule has 3 rings (SSSR count). The molecule has 0 aliphatic carbocycles. The lowest BCUT2D eigenvalue weighted by atomic mass is 10.1. The zero-order valence-corrected chi connectivity index (χ0v) is 18.1. The first kappa shape index (κ1) is 22.3. The summed E-state index contributed by atoms with van der Waals surface area (Å²) in [7, 11) is 0. The first-order valence-corrected chi connectivity index (χ1v) is 10.5. The molecule has 7 nitrogen and oxygen atoms in total. The molecule has 0 spiro atoms. The van der Waals surface area contributed by atoms with Crippen molar-refractivity contribution in [1.29, 1.82) is 5.26 Å². The number of piperazine rings is 1. The highest BCUT2D eigenvalue weighted by Gasteiger charge is 2.26. The van der Waals surface area contributed by atoms with Crippen LogP contribution in [0, 0.1) is 25.2 Å². The third kappa shape index (κ3) is 6.30. The van der Waals surface area contributed by atoms with Gasteiger partial charge in [0.15, 0.2) is 0 Å². The van der Waals surface area contributed by atoms with Crippen LogP contribution >= 0.6 is 0 Å². The van der Waals surface area contributed by atoms with Gasteiger partial charge in [-0.25, -0.2) is 4.79 Å². The van der Waals surface area contributed by atoms with Crippen LogP contribution in [-0.4, -0.2) is 61.1 Å². The average molecular weight is 421 g/mol. The van der Waals surface area contributed by atoms with Crippen molar-refractivity contribution in [3.8, 4) is 11.8 Å². The van der Waals surface area contributed by atoms with Gasteiger partial charge < -0.3 is 14.5 Å². The Morgan fingerprint density at radius 1 is 1.03 bits per heavy atom. The molecule has 31 heavy (non-hydrogen) atoms. The maximum atomic E-state index is 13.1. The minimum atomic E-state index is -0.372. The first-order valence-electron chi connectivity index (χ1n) is 10.5. The molecular formula is C24H28N4O3. The van der Waals surface area contributed by atoms with Gasteiger partial charge in [-0.2, -0.15) is 5.26 Å². The number of anilines is 1. The van der Waals surface area contributed by atoms with Crippen molar-refractivity contribution in [2.24, 2.45) is 0 Å². The van der Waals surface area contributed by atoms with Crippen LogP contribution in [0.5, 0.6) is 5.75 Å². The molecule has 0 aromatic heterocycles. The van der Waals surface area contributed by atoms with E-state index in [4.69, 9.17) is 10.00 Å². The van der Waals surface area contributed by atoms with Crippen LogP contribution in [0.3, 0.4) is 0 Å². The number of nitriles is 1. The van der Waals surface area contributed by atoms with Crippen molar-refractivity contribution in [3.05, 3.63) is 59.7 Å². The van der Waals surface area contributed by atoms with Gasteiger partial charge in [0.05, 0.1) is 19.0 Å². The predicted molar refractivity (Wildman–Crippen MR) is 119 cm³/mol. The zero-order valence-electron chi connectivity index (χ0n) is 18.1. The highest BCUT2D eigenvalue weighted by Crippen LogP contribution is 2.20. The van der Waals surface area contributed by atoms with Crippen molar-refractivity contribution in [2.75, 3.05) is 44.2 Å². The second kappa shape index (κ2) is 10.6. The van der Waals surface area contributed by atoms with Gasteiger partial charge in [0, 0.05) is 38.4 Å². The topological polar surface area (TPSA) is 76.9 Å². The second-order valence-corrected chi connectivity index (χ2v) is 7.74. The van der Waals surface area contributed by atoms with Crippen molar-refractivity contribution >= 4 is 17.7 Å². The Kier molecular flexibility index (Phi) is 7.63. The maximum absolute atomic E-state index is 13.1. The predicted octanol–water partition coefficient (Wildman–Crippen LogP) is 3.37. The standard InChI is InChI=1S/C24H28N4O3/c1-19-15-20(2)17-21(16-19)28(10-6-9-25)23(29)18-26-11-13-27(14-12-26)24(30)31-22-7-4-3-5-8-22/h3-5,7-8,15-17H,6,10-14,18H2,1-2H3. The van der Waals surface area contributed by atoms with E-state index in [2.05, 4.69) is 12.1 Å². The Hall–Kier alpha value is -3.37.